The Hall–Kier alpha value is -1.28. The predicted octanol–water partition coefficient (Wildman–Crippen LogP) is 1.33. The molecule has 0 heterocycles. The fraction of sp³-hybridized carbons (Fsp3) is 0.364. The van der Waals surface area contributed by atoms with Gasteiger partial charge in [0.15, 0.2) is 0 Å². The van der Waals surface area contributed by atoms with Crippen LogP contribution in [0.1, 0.15) is 12.5 Å². The van der Waals surface area contributed by atoms with Crippen molar-refractivity contribution >= 4 is 17.3 Å². The highest BCUT2D eigenvalue weighted by Crippen LogP contribution is 2.20. The van der Waals surface area contributed by atoms with Gasteiger partial charge in [0.1, 0.15) is 6.07 Å². The van der Waals surface area contributed by atoms with Crippen LogP contribution in [0.25, 0.3) is 0 Å². The Labute approximate surface area is 99.6 Å². The van der Waals surface area contributed by atoms with Crippen LogP contribution in [-0.2, 0) is 0 Å². The van der Waals surface area contributed by atoms with Crippen LogP contribution < -0.4 is 11.1 Å². The Kier molecular flexibility index (Phi) is 4.56. The van der Waals surface area contributed by atoms with E-state index < -0.39 is 6.10 Å². The van der Waals surface area contributed by atoms with E-state index in [1.54, 1.807) is 25.1 Å². The topological polar surface area (TPSA) is 82.1 Å². The fourth-order valence-corrected chi connectivity index (χ4v) is 1.33. The minimum Gasteiger partial charge on any atom is -0.392 e. The van der Waals surface area contributed by atoms with E-state index in [0.717, 1.165) is 0 Å². The molecule has 4 nitrogen and oxygen atoms in total. The summed E-state index contributed by atoms with van der Waals surface area (Å²) in [4.78, 5) is 0. The molecule has 0 saturated carbocycles. The molecule has 0 spiro atoms. The number of nitrogens with zero attached hydrogens (tertiary/aromatic N) is 1. The Morgan fingerprint density at radius 1 is 1.62 bits per heavy atom. The molecular formula is C11H14ClN3O. The van der Waals surface area contributed by atoms with Crippen molar-refractivity contribution < 1.29 is 5.11 Å². The molecule has 16 heavy (non-hydrogen) atoms. The maximum atomic E-state index is 9.22. The Balaban J connectivity index is 2.73. The van der Waals surface area contributed by atoms with Crippen molar-refractivity contribution in [3.8, 4) is 6.07 Å². The molecular weight excluding hydrogens is 226 g/mol. The van der Waals surface area contributed by atoms with Gasteiger partial charge >= 0.3 is 0 Å². The number of nitrogens with one attached hydrogen (secondary N) is 1. The quantitative estimate of drug-likeness (QED) is 0.740. The molecule has 0 amide bonds. The Morgan fingerprint density at radius 3 is 2.88 bits per heavy atom. The van der Waals surface area contributed by atoms with E-state index >= 15 is 0 Å². The number of rotatable bonds is 4. The van der Waals surface area contributed by atoms with Crippen LogP contribution in [0.15, 0.2) is 18.2 Å². The van der Waals surface area contributed by atoms with Gasteiger partial charge in [-0.15, -0.1) is 0 Å². The van der Waals surface area contributed by atoms with Gasteiger partial charge in [-0.3, -0.25) is 0 Å². The number of hydrogen-bond donors (Lipinski definition) is 3. The summed E-state index contributed by atoms with van der Waals surface area (Å²) in [6.07, 6.45) is -0.600. The summed E-state index contributed by atoms with van der Waals surface area (Å²) in [5.41, 5.74) is 6.80. The summed E-state index contributed by atoms with van der Waals surface area (Å²) < 4.78 is 0. The zero-order valence-electron chi connectivity index (χ0n) is 8.94. The summed E-state index contributed by atoms with van der Waals surface area (Å²) in [5, 5.41) is 21.6. The van der Waals surface area contributed by atoms with Gasteiger partial charge in [-0.25, -0.2) is 0 Å². The highest BCUT2D eigenvalue weighted by atomic mass is 35.5. The Morgan fingerprint density at radius 2 is 2.31 bits per heavy atom. The first-order valence-electron chi connectivity index (χ1n) is 4.91. The van der Waals surface area contributed by atoms with Crippen LogP contribution in [0.3, 0.4) is 0 Å². The predicted molar refractivity (Wildman–Crippen MR) is 64.3 cm³/mol. The van der Waals surface area contributed by atoms with Crippen molar-refractivity contribution in [2.75, 3.05) is 11.9 Å². The van der Waals surface area contributed by atoms with Crippen molar-refractivity contribution in [2.24, 2.45) is 5.73 Å². The van der Waals surface area contributed by atoms with Crippen LogP contribution in [0.4, 0.5) is 5.69 Å². The second-order valence-corrected chi connectivity index (χ2v) is 4.02. The molecule has 0 saturated heterocycles. The van der Waals surface area contributed by atoms with Crippen LogP contribution in [0.5, 0.6) is 0 Å². The second-order valence-electron chi connectivity index (χ2n) is 3.59. The van der Waals surface area contributed by atoms with E-state index in [4.69, 9.17) is 22.6 Å². The van der Waals surface area contributed by atoms with Gasteiger partial charge < -0.3 is 16.2 Å². The molecule has 0 radical (unpaired) electrons. The maximum Gasteiger partial charge on any atom is 0.101 e. The molecule has 1 aromatic rings. The molecule has 2 unspecified atom stereocenters. The van der Waals surface area contributed by atoms with E-state index in [2.05, 4.69) is 11.4 Å². The molecule has 1 aromatic carbocycles. The SMILES string of the molecule is CC(O)C(N)CNc1cc(Cl)ccc1C#N. The Bertz CT molecular complexity index is 401. The zero-order valence-corrected chi connectivity index (χ0v) is 9.70. The first kappa shape index (κ1) is 12.8. The summed E-state index contributed by atoms with van der Waals surface area (Å²) in [6.45, 7) is 2.00. The molecule has 2 atom stereocenters. The molecule has 0 aliphatic rings. The molecule has 0 aliphatic carbocycles. The lowest BCUT2D eigenvalue weighted by molar-refractivity contribution is 0.168. The summed E-state index contributed by atoms with van der Waals surface area (Å²) in [6, 6.07) is 6.62. The average molecular weight is 240 g/mol. The third kappa shape index (κ3) is 3.38. The van der Waals surface area contributed by atoms with Gasteiger partial charge in [-0.2, -0.15) is 5.26 Å². The smallest absolute Gasteiger partial charge is 0.101 e. The van der Waals surface area contributed by atoms with Crippen molar-refractivity contribution in [2.45, 2.75) is 19.1 Å². The first-order valence-corrected chi connectivity index (χ1v) is 5.29. The summed E-state index contributed by atoms with van der Waals surface area (Å²) in [7, 11) is 0. The average Bonchev–Trinajstić information content (AvgIpc) is 2.25. The van der Waals surface area contributed by atoms with Crippen LogP contribution >= 0.6 is 11.6 Å². The first-order chi connectivity index (χ1) is 7.54. The number of aliphatic hydroxyl groups is 1. The highest BCUT2D eigenvalue weighted by Gasteiger charge is 2.10. The van der Waals surface area contributed by atoms with Gasteiger partial charge in [0, 0.05) is 17.6 Å². The zero-order chi connectivity index (χ0) is 12.1. The summed E-state index contributed by atoms with van der Waals surface area (Å²) >= 11 is 5.82. The number of benzene rings is 1. The molecule has 1 rings (SSSR count). The third-order valence-corrected chi connectivity index (χ3v) is 2.49. The lowest BCUT2D eigenvalue weighted by atomic mass is 10.1. The maximum absolute atomic E-state index is 9.22. The molecule has 0 aromatic heterocycles. The standard InChI is InChI=1S/C11H14ClN3O/c1-7(16)10(14)6-15-11-4-9(12)3-2-8(11)5-13/h2-4,7,10,15-16H,6,14H2,1H3. The van der Waals surface area contributed by atoms with Crippen molar-refractivity contribution in [3.05, 3.63) is 28.8 Å². The van der Waals surface area contributed by atoms with Crippen LogP contribution in [0.2, 0.25) is 5.02 Å². The van der Waals surface area contributed by atoms with Gasteiger partial charge in [0.25, 0.3) is 0 Å². The van der Waals surface area contributed by atoms with E-state index in [1.807, 2.05) is 0 Å². The lowest BCUT2D eigenvalue weighted by Gasteiger charge is -2.16. The normalized spacial score (nSPS) is 13.9. The minimum atomic E-state index is -0.600. The van der Waals surface area contributed by atoms with Crippen LogP contribution in [0, 0.1) is 11.3 Å². The number of aliphatic hydroxyl groups excluding tert-OH is 1. The molecule has 5 heteroatoms. The largest absolute Gasteiger partial charge is 0.392 e. The highest BCUT2D eigenvalue weighted by molar-refractivity contribution is 6.30. The number of nitrogens with two attached hydrogens (primary N) is 1. The van der Waals surface area contributed by atoms with Crippen LogP contribution in [-0.4, -0.2) is 23.8 Å². The molecule has 0 bridgehead atoms. The van der Waals surface area contributed by atoms with Gasteiger partial charge in [0.05, 0.1) is 17.4 Å². The van der Waals surface area contributed by atoms with E-state index in [1.165, 1.54) is 0 Å². The second kappa shape index (κ2) is 5.71. The van der Waals surface area contributed by atoms with E-state index in [0.29, 0.717) is 22.8 Å². The van der Waals surface area contributed by atoms with E-state index in [-0.39, 0.29) is 6.04 Å². The van der Waals surface area contributed by atoms with Gasteiger partial charge in [-0.05, 0) is 25.1 Å². The monoisotopic (exact) mass is 239 g/mol. The van der Waals surface area contributed by atoms with Crippen molar-refractivity contribution in [1.29, 1.82) is 5.26 Å². The van der Waals surface area contributed by atoms with Gasteiger partial charge in [0.2, 0.25) is 0 Å². The molecule has 4 N–H and O–H groups in total. The number of anilines is 1. The molecule has 86 valence electrons. The summed E-state index contributed by atoms with van der Waals surface area (Å²) in [5.74, 6) is 0. The lowest BCUT2D eigenvalue weighted by Crippen LogP contribution is -2.38. The van der Waals surface area contributed by atoms with E-state index in [9.17, 15) is 5.11 Å². The number of hydrogen-bond acceptors (Lipinski definition) is 4. The van der Waals surface area contributed by atoms with Crippen molar-refractivity contribution in [1.82, 2.24) is 0 Å². The van der Waals surface area contributed by atoms with Crippen molar-refractivity contribution in [3.63, 3.8) is 0 Å². The van der Waals surface area contributed by atoms with Gasteiger partial charge in [-0.1, -0.05) is 11.6 Å². The minimum absolute atomic E-state index is 0.382. The number of halogens is 1. The number of nitriles is 1. The molecule has 0 fully saturated rings. The molecule has 0 aliphatic heterocycles. The third-order valence-electron chi connectivity index (χ3n) is 2.25. The fourth-order valence-electron chi connectivity index (χ4n) is 1.16.